The van der Waals surface area contributed by atoms with Crippen LogP contribution in [0.5, 0.6) is 11.5 Å². The second kappa shape index (κ2) is 8.25. The lowest BCUT2D eigenvalue weighted by Gasteiger charge is -2.13. The van der Waals surface area contributed by atoms with E-state index in [2.05, 4.69) is 48.0 Å². The summed E-state index contributed by atoms with van der Waals surface area (Å²) in [6, 6.07) is 16.7. The molecule has 0 fully saturated rings. The van der Waals surface area contributed by atoms with E-state index < -0.39 is 0 Å². The van der Waals surface area contributed by atoms with E-state index in [4.69, 9.17) is 4.74 Å². The first-order chi connectivity index (χ1) is 11.7. The van der Waals surface area contributed by atoms with Crippen molar-refractivity contribution in [2.75, 3.05) is 19.6 Å². The quantitative estimate of drug-likeness (QED) is 0.673. The minimum atomic E-state index is 0.594. The number of thioether (sulfide) groups is 1. The number of ether oxygens (including phenoxy) is 1. The van der Waals surface area contributed by atoms with Crippen molar-refractivity contribution in [3.63, 3.8) is 0 Å². The number of hydrogen-bond acceptors (Lipinski definition) is 4. The highest BCUT2D eigenvalue weighted by Gasteiger charge is 2.05. The molecule has 1 aliphatic heterocycles. The van der Waals surface area contributed by atoms with Crippen LogP contribution in [0.15, 0.2) is 58.4 Å². The summed E-state index contributed by atoms with van der Waals surface area (Å²) in [6.45, 7) is 7.41. The summed E-state index contributed by atoms with van der Waals surface area (Å²) in [4.78, 5) is 7.78. The van der Waals surface area contributed by atoms with Crippen LogP contribution in [0, 0.1) is 0 Å². The summed E-state index contributed by atoms with van der Waals surface area (Å²) in [5.74, 6) is 1.76. The first kappa shape index (κ1) is 16.9. The molecule has 0 unspecified atom stereocenters. The molecular weight excluding hydrogens is 316 g/mol. The maximum atomic E-state index is 5.93. The molecule has 0 saturated heterocycles. The van der Waals surface area contributed by atoms with Gasteiger partial charge in [0.25, 0.3) is 0 Å². The van der Waals surface area contributed by atoms with Crippen molar-refractivity contribution in [1.82, 2.24) is 4.90 Å². The summed E-state index contributed by atoms with van der Waals surface area (Å²) >= 11 is 1.86. The van der Waals surface area contributed by atoms with E-state index in [1.165, 1.54) is 10.5 Å². The molecule has 2 aromatic carbocycles. The Kier molecular flexibility index (Phi) is 5.81. The molecule has 1 heterocycles. The fourth-order valence-corrected chi connectivity index (χ4v) is 3.42. The van der Waals surface area contributed by atoms with E-state index in [0.29, 0.717) is 5.25 Å². The van der Waals surface area contributed by atoms with Gasteiger partial charge < -0.3 is 9.64 Å². The largest absolute Gasteiger partial charge is 0.457 e. The maximum Gasteiger partial charge on any atom is 0.127 e. The topological polar surface area (TPSA) is 24.8 Å². The molecule has 0 amide bonds. The molecule has 2 aromatic rings. The molecule has 0 aliphatic carbocycles. The Morgan fingerprint density at radius 2 is 1.71 bits per heavy atom. The van der Waals surface area contributed by atoms with Gasteiger partial charge in [-0.1, -0.05) is 26.0 Å². The fraction of sp³-hybridized carbons (Fsp3) is 0.350. The second-order valence-electron chi connectivity index (χ2n) is 6.19. The van der Waals surface area contributed by atoms with Crippen molar-refractivity contribution >= 4 is 18.1 Å². The summed E-state index contributed by atoms with van der Waals surface area (Å²) < 4.78 is 5.93. The minimum absolute atomic E-state index is 0.594. The molecule has 0 radical (unpaired) electrons. The van der Waals surface area contributed by atoms with E-state index in [0.717, 1.165) is 37.6 Å². The fourth-order valence-electron chi connectivity index (χ4n) is 2.58. The SMILES string of the molecule is CC(C)Sc1ccc(Oc2ccc(CCN3C=NCC3)cc2)cc1. The van der Waals surface area contributed by atoms with Gasteiger partial charge in [-0.25, -0.2) is 0 Å². The van der Waals surface area contributed by atoms with Gasteiger partial charge in [0.2, 0.25) is 0 Å². The zero-order chi connectivity index (χ0) is 16.8. The number of aliphatic imine (C=N–C) groups is 1. The predicted molar refractivity (Wildman–Crippen MR) is 103 cm³/mol. The molecule has 1 aliphatic rings. The van der Waals surface area contributed by atoms with Crippen molar-refractivity contribution in [2.24, 2.45) is 4.99 Å². The number of rotatable bonds is 7. The van der Waals surface area contributed by atoms with Gasteiger partial charge in [-0.3, -0.25) is 4.99 Å². The van der Waals surface area contributed by atoms with Crippen molar-refractivity contribution < 1.29 is 4.74 Å². The van der Waals surface area contributed by atoms with Crippen molar-refractivity contribution in [3.05, 3.63) is 54.1 Å². The van der Waals surface area contributed by atoms with E-state index in [-0.39, 0.29) is 0 Å². The second-order valence-corrected chi connectivity index (χ2v) is 7.84. The smallest absolute Gasteiger partial charge is 0.127 e. The van der Waals surface area contributed by atoms with Crippen molar-refractivity contribution in [2.45, 2.75) is 30.4 Å². The first-order valence-corrected chi connectivity index (χ1v) is 9.34. The first-order valence-electron chi connectivity index (χ1n) is 8.46. The highest BCUT2D eigenvalue weighted by molar-refractivity contribution is 7.99. The lowest BCUT2D eigenvalue weighted by atomic mass is 10.1. The van der Waals surface area contributed by atoms with Gasteiger partial charge in [-0.2, -0.15) is 0 Å². The van der Waals surface area contributed by atoms with Gasteiger partial charge in [0.05, 0.1) is 12.9 Å². The molecule has 0 atom stereocenters. The third kappa shape index (κ3) is 5.03. The Morgan fingerprint density at radius 3 is 2.29 bits per heavy atom. The minimum Gasteiger partial charge on any atom is -0.457 e. The normalized spacial score (nSPS) is 13.7. The zero-order valence-electron chi connectivity index (χ0n) is 14.3. The number of hydrogen-bond donors (Lipinski definition) is 0. The molecule has 24 heavy (non-hydrogen) atoms. The van der Waals surface area contributed by atoms with Crippen LogP contribution >= 0.6 is 11.8 Å². The maximum absolute atomic E-state index is 5.93. The average Bonchev–Trinajstić information content (AvgIpc) is 3.09. The van der Waals surface area contributed by atoms with Crippen LogP contribution in [0.3, 0.4) is 0 Å². The Labute approximate surface area is 148 Å². The summed E-state index contributed by atoms with van der Waals surface area (Å²) in [7, 11) is 0. The van der Waals surface area contributed by atoms with Crippen molar-refractivity contribution in [3.8, 4) is 11.5 Å². The lowest BCUT2D eigenvalue weighted by molar-refractivity contribution is 0.470. The molecular formula is C20H24N2OS. The van der Waals surface area contributed by atoms with E-state index >= 15 is 0 Å². The number of benzene rings is 2. The molecule has 3 nitrogen and oxygen atoms in total. The third-order valence-electron chi connectivity index (χ3n) is 3.80. The molecule has 0 N–H and O–H groups in total. The highest BCUT2D eigenvalue weighted by Crippen LogP contribution is 2.27. The van der Waals surface area contributed by atoms with Crippen LogP contribution in [-0.4, -0.2) is 36.1 Å². The standard InChI is InChI=1S/C20H24N2OS/c1-16(2)24-20-9-7-19(8-10-20)23-18-5-3-17(4-6-18)11-13-22-14-12-21-15-22/h3-10,15-16H,11-14H2,1-2H3. The van der Waals surface area contributed by atoms with E-state index in [1.807, 2.05) is 42.4 Å². The monoisotopic (exact) mass is 340 g/mol. The van der Waals surface area contributed by atoms with Crippen LogP contribution < -0.4 is 4.74 Å². The van der Waals surface area contributed by atoms with Gasteiger partial charge in [-0.05, 0) is 48.4 Å². The lowest BCUT2D eigenvalue weighted by Crippen LogP contribution is -2.22. The molecule has 3 rings (SSSR count). The molecule has 0 saturated carbocycles. The van der Waals surface area contributed by atoms with Crippen LogP contribution in [0.25, 0.3) is 0 Å². The van der Waals surface area contributed by atoms with Crippen LogP contribution in [-0.2, 0) is 6.42 Å². The highest BCUT2D eigenvalue weighted by atomic mass is 32.2. The van der Waals surface area contributed by atoms with Gasteiger partial charge in [0.1, 0.15) is 11.5 Å². The Morgan fingerprint density at radius 1 is 1.04 bits per heavy atom. The summed E-state index contributed by atoms with van der Waals surface area (Å²) in [6.07, 6.45) is 2.99. The van der Waals surface area contributed by atoms with Gasteiger partial charge >= 0.3 is 0 Å². The predicted octanol–water partition coefficient (Wildman–Crippen LogP) is 4.87. The van der Waals surface area contributed by atoms with Crippen LogP contribution in [0.4, 0.5) is 0 Å². The van der Waals surface area contributed by atoms with E-state index in [9.17, 15) is 0 Å². The number of nitrogens with zero attached hydrogens (tertiary/aromatic N) is 2. The Bertz CT molecular complexity index is 665. The molecule has 0 bridgehead atoms. The van der Waals surface area contributed by atoms with Gasteiger partial charge in [0, 0.05) is 23.2 Å². The van der Waals surface area contributed by atoms with E-state index in [1.54, 1.807) is 0 Å². The average molecular weight is 340 g/mol. The molecule has 4 heteroatoms. The Hall–Kier alpha value is -1.94. The zero-order valence-corrected chi connectivity index (χ0v) is 15.1. The van der Waals surface area contributed by atoms with Crippen molar-refractivity contribution in [1.29, 1.82) is 0 Å². The summed E-state index contributed by atoms with van der Waals surface area (Å²) in [5, 5.41) is 0.594. The van der Waals surface area contributed by atoms with Crippen LogP contribution in [0.1, 0.15) is 19.4 Å². The van der Waals surface area contributed by atoms with Crippen LogP contribution in [0.2, 0.25) is 0 Å². The molecule has 126 valence electrons. The molecule has 0 spiro atoms. The van der Waals surface area contributed by atoms with Gasteiger partial charge in [-0.15, -0.1) is 11.8 Å². The third-order valence-corrected chi connectivity index (χ3v) is 4.82. The van der Waals surface area contributed by atoms with Gasteiger partial charge in [0.15, 0.2) is 0 Å². The summed E-state index contributed by atoms with van der Waals surface area (Å²) in [5.41, 5.74) is 1.33. The molecule has 0 aromatic heterocycles. The Balaban J connectivity index is 1.52.